The smallest absolute Gasteiger partial charge is 0.127 e. The molecule has 2 N–H and O–H groups in total. The number of ether oxygens (including phenoxy) is 1. The number of hydrogen-bond donors (Lipinski definition) is 2. The fourth-order valence-corrected chi connectivity index (χ4v) is 4.37. The van der Waals surface area contributed by atoms with E-state index < -0.39 is 6.17 Å². The van der Waals surface area contributed by atoms with Gasteiger partial charge < -0.3 is 9.84 Å². The van der Waals surface area contributed by atoms with E-state index in [0.29, 0.717) is 33.7 Å². The lowest BCUT2D eigenvalue weighted by Crippen LogP contribution is -2.33. The Bertz CT molecular complexity index is 1120. The Balaban J connectivity index is 1.75. The number of halogens is 3. The first-order valence-electron chi connectivity index (χ1n) is 9.94. The van der Waals surface area contributed by atoms with Crippen molar-refractivity contribution in [3.63, 3.8) is 0 Å². The van der Waals surface area contributed by atoms with Crippen molar-refractivity contribution in [2.45, 2.75) is 25.6 Å². The minimum absolute atomic E-state index is 0.177. The van der Waals surface area contributed by atoms with Gasteiger partial charge in [-0.3, -0.25) is 10.3 Å². The molecule has 0 saturated carbocycles. The molecule has 0 aliphatic carbocycles. The third-order valence-corrected chi connectivity index (χ3v) is 5.96. The van der Waals surface area contributed by atoms with Crippen LogP contribution in [0, 0.1) is 0 Å². The maximum absolute atomic E-state index is 10.5. The summed E-state index contributed by atoms with van der Waals surface area (Å²) >= 11 is 18.8. The van der Waals surface area contributed by atoms with E-state index in [1.165, 1.54) is 0 Å². The van der Waals surface area contributed by atoms with Gasteiger partial charge in [0.2, 0.25) is 0 Å². The average Bonchev–Trinajstić information content (AvgIpc) is 2.76. The number of nitrogens with zero attached hydrogens (tertiary/aromatic N) is 1. The summed E-state index contributed by atoms with van der Waals surface area (Å²) in [4.78, 5) is 4.94. The summed E-state index contributed by atoms with van der Waals surface area (Å²) in [7, 11) is 0. The van der Waals surface area contributed by atoms with Gasteiger partial charge >= 0.3 is 0 Å². The summed E-state index contributed by atoms with van der Waals surface area (Å²) in [5.41, 5.74) is 3.38. The van der Waals surface area contributed by atoms with Gasteiger partial charge in [0.05, 0.1) is 6.61 Å². The summed E-state index contributed by atoms with van der Waals surface area (Å²) in [5, 5.41) is 15.6. The molecule has 0 unspecified atom stereocenters. The van der Waals surface area contributed by atoms with Crippen molar-refractivity contribution in [2.75, 3.05) is 6.61 Å². The lowest BCUT2D eigenvalue weighted by atomic mass is 9.93. The predicted molar refractivity (Wildman–Crippen MR) is 127 cm³/mol. The van der Waals surface area contributed by atoms with Gasteiger partial charge in [-0.15, -0.1) is 0 Å². The molecule has 0 radical (unpaired) electrons. The number of phenols is 1. The van der Waals surface area contributed by atoms with E-state index in [1.807, 2.05) is 37.3 Å². The lowest BCUT2D eigenvalue weighted by molar-refractivity contribution is 0.340. The van der Waals surface area contributed by atoms with Crippen LogP contribution >= 0.6 is 34.8 Å². The molecule has 0 amide bonds. The first kappa shape index (κ1) is 22.0. The van der Waals surface area contributed by atoms with E-state index in [9.17, 15) is 5.11 Å². The number of phenolic OH excluding ortho intramolecular Hbond substituents is 1. The maximum Gasteiger partial charge on any atom is 0.127 e. The zero-order valence-corrected chi connectivity index (χ0v) is 19.0. The molecule has 1 aliphatic rings. The van der Waals surface area contributed by atoms with Crippen LogP contribution in [0.3, 0.4) is 0 Å². The van der Waals surface area contributed by atoms with Crippen LogP contribution in [-0.2, 0) is 0 Å². The van der Waals surface area contributed by atoms with Crippen LogP contribution in [0.25, 0.3) is 0 Å². The SMILES string of the molecule is CCOc1ccc(C2=N[C@H](c3ccc(Cl)cc3Cl)N[C@@H](c3cc(Cl)ccc3O)C2)cc1. The van der Waals surface area contributed by atoms with Crippen molar-refractivity contribution in [3.05, 3.63) is 92.4 Å². The van der Waals surface area contributed by atoms with Crippen LogP contribution < -0.4 is 10.1 Å². The Morgan fingerprint density at radius 3 is 2.39 bits per heavy atom. The molecular weight excluding hydrogens is 455 g/mol. The third-order valence-electron chi connectivity index (χ3n) is 5.16. The van der Waals surface area contributed by atoms with Crippen LogP contribution in [0.5, 0.6) is 11.5 Å². The molecule has 3 aromatic rings. The number of benzene rings is 3. The monoisotopic (exact) mass is 474 g/mol. The Kier molecular flexibility index (Phi) is 6.73. The largest absolute Gasteiger partial charge is 0.508 e. The summed E-state index contributed by atoms with van der Waals surface area (Å²) in [6, 6.07) is 18.0. The highest BCUT2D eigenvalue weighted by Gasteiger charge is 2.29. The fraction of sp³-hybridized carbons (Fsp3) is 0.208. The molecule has 0 aromatic heterocycles. The van der Waals surface area contributed by atoms with E-state index in [0.717, 1.165) is 22.6 Å². The summed E-state index contributed by atoms with van der Waals surface area (Å²) in [5.74, 6) is 0.984. The van der Waals surface area contributed by atoms with Crippen LogP contribution in [0.15, 0.2) is 65.7 Å². The highest BCUT2D eigenvalue weighted by atomic mass is 35.5. The van der Waals surface area contributed by atoms with Crippen molar-refractivity contribution >= 4 is 40.5 Å². The maximum atomic E-state index is 10.5. The molecule has 4 nitrogen and oxygen atoms in total. The van der Waals surface area contributed by atoms with Gasteiger partial charge in [0.15, 0.2) is 0 Å². The first-order chi connectivity index (χ1) is 14.9. The highest BCUT2D eigenvalue weighted by molar-refractivity contribution is 6.35. The summed E-state index contributed by atoms with van der Waals surface area (Å²) in [6.45, 7) is 2.56. The van der Waals surface area contributed by atoms with Gasteiger partial charge in [-0.05, 0) is 67.1 Å². The van der Waals surface area contributed by atoms with Crippen molar-refractivity contribution in [3.8, 4) is 11.5 Å². The van der Waals surface area contributed by atoms with Gasteiger partial charge in [0, 0.05) is 44.4 Å². The molecule has 2 atom stereocenters. The number of aliphatic imine (C=N–C) groups is 1. The van der Waals surface area contributed by atoms with Crippen LogP contribution in [-0.4, -0.2) is 17.4 Å². The standard InChI is InChI=1S/C24H21Cl3N2O2/c1-2-31-17-7-3-14(4-8-17)21-13-22(19-11-15(25)6-10-23(19)30)29-24(28-21)18-9-5-16(26)12-20(18)27/h3-12,22,24,29-30H,2,13H2,1H3/t22-,24+/m1/s1. The second-order valence-electron chi connectivity index (χ2n) is 7.23. The molecule has 0 bridgehead atoms. The van der Waals surface area contributed by atoms with Crippen LogP contribution in [0.1, 0.15) is 42.2 Å². The zero-order valence-electron chi connectivity index (χ0n) is 16.8. The molecule has 160 valence electrons. The number of hydrogen-bond acceptors (Lipinski definition) is 4. The molecular formula is C24H21Cl3N2O2. The Morgan fingerprint density at radius 1 is 0.968 bits per heavy atom. The topological polar surface area (TPSA) is 53.8 Å². The molecule has 1 aliphatic heterocycles. The van der Waals surface area contributed by atoms with Crippen molar-refractivity contribution in [1.29, 1.82) is 0 Å². The Morgan fingerprint density at radius 2 is 1.68 bits per heavy atom. The highest BCUT2D eigenvalue weighted by Crippen LogP contribution is 2.37. The fourth-order valence-electron chi connectivity index (χ4n) is 3.68. The third kappa shape index (κ3) is 4.99. The van der Waals surface area contributed by atoms with E-state index in [1.54, 1.807) is 30.3 Å². The molecule has 1 heterocycles. The first-order valence-corrected chi connectivity index (χ1v) is 11.1. The molecule has 0 saturated heterocycles. The van der Waals surface area contributed by atoms with E-state index in [-0.39, 0.29) is 11.8 Å². The Labute approximate surface area is 196 Å². The summed E-state index contributed by atoms with van der Waals surface area (Å²) < 4.78 is 5.56. The molecule has 3 aromatic carbocycles. The van der Waals surface area contributed by atoms with Crippen LogP contribution in [0.2, 0.25) is 15.1 Å². The quantitative estimate of drug-likeness (QED) is 0.419. The average molecular weight is 476 g/mol. The second kappa shape index (κ2) is 9.49. The molecule has 4 rings (SSSR count). The number of rotatable bonds is 5. The van der Waals surface area contributed by atoms with Gasteiger partial charge in [-0.2, -0.15) is 0 Å². The second-order valence-corrected chi connectivity index (χ2v) is 8.51. The molecule has 31 heavy (non-hydrogen) atoms. The number of nitrogens with one attached hydrogen (secondary N) is 1. The lowest BCUT2D eigenvalue weighted by Gasteiger charge is -2.31. The van der Waals surface area contributed by atoms with Gasteiger partial charge in [0.25, 0.3) is 0 Å². The van der Waals surface area contributed by atoms with E-state index in [2.05, 4.69) is 5.32 Å². The zero-order chi connectivity index (χ0) is 22.0. The molecule has 7 heteroatoms. The van der Waals surface area contributed by atoms with Gasteiger partial charge in [0.1, 0.15) is 17.7 Å². The van der Waals surface area contributed by atoms with E-state index >= 15 is 0 Å². The summed E-state index contributed by atoms with van der Waals surface area (Å²) in [6.07, 6.45) is 0.160. The molecule has 0 fully saturated rings. The van der Waals surface area contributed by atoms with Crippen molar-refractivity contribution in [2.24, 2.45) is 4.99 Å². The normalized spacial score (nSPS) is 18.5. The van der Waals surface area contributed by atoms with Crippen molar-refractivity contribution < 1.29 is 9.84 Å². The van der Waals surface area contributed by atoms with Crippen LogP contribution in [0.4, 0.5) is 0 Å². The minimum atomic E-state index is -0.413. The molecule has 0 spiro atoms. The Hall–Kier alpha value is -2.24. The van der Waals surface area contributed by atoms with Gasteiger partial charge in [-0.25, -0.2) is 0 Å². The number of aromatic hydroxyl groups is 1. The minimum Gasteiger partial charge on any atom is -0.508 e. The van der Waals surface area contributed by atoms with E-state index in [4.69, 9.17) is 44.5 Å². The van der Waals surface area contributed by atoms with Gasteiger partial charge in [-0.1, -0.05) is 40.9 Å². The van der Waals surface area contributed by atoms with Crippen molar-refractivity contribution in [1.82, 2.24) is 5.32 Å². The predicted octanol–water partition coefficient (Wildman–Crippen LogP) is 6.97.